The van der Waals surface area contributed by atoms with Crippen LogP contribution < -0.4 is 15.4 Å². The average molecular weight is 547 g/mol. The molecule has 40 heavy (non-hydrogen) atoms. The zero-order valence-corrected chi connectivity index (χ0v) is 23.1. The highest BCUT2D eigenvalue weighted by Gasteiger charge is 2.23. The van der Waals surface area contributed by atoms with Crippen LogP contribution in [0.1, 0.15) is 48.4 Å². The van der Waals surface area contributed by atoms with Crippen LogP contribution in [0.5, 0.6) is 5.75 Å². The van der Waals surface area contributed by atoms with E-state index < -0.39 is 0 Å². The van der Waals surface area contributed by atoms with Gasteiger partial charge in [-0.1, -0.05) is 36.4 Å². The zero-order valence-electron chi connectivity index (χ0n) is 23.1. The van der Waals surface area contributed by atoms with Crippen molar-refractivity contribution in [1.82, 2.24) is 30.3 Å². The molecule has 3 aromatic rings. The predicted molar refractivity (Wildman–Crippen MR) is 151 cm³/mol. The SMILES string of the molecule is C[C@@H]1NC(=O)CN(CC2CCOCC2)CCCNC(=O)c2cccc(c2)OCCn2nc(-c3ccccc3)nc21. The van der Waals surface area contributed by atoms with Gasteiger partial charge in [0.25, 0.3) is 5.91 Å². The summed E-state index contributed by atoms with van der Waals surface area (Å²) in [6, 6.07) is 16.7. The average Bonchev–Trinajstić information content (AvgIpc) is 3.40. The van der Waals surface area contributed by atoms with Crippen LogP contribution in [-0.2, 0) is 16.1 Å². The maximum absolute atomic E-state index is 13.3. The number of carbonyl (C=O) groups excluding carboxylic acids is 2. The van der Waals surface area contributed by atoms with Gasteiger partial charge in [0.2, 0.25) is 5.91 Å². The van der Waals surface area contributed by atoms with Gasteiger partial charge in [0.15, 0.2) is 5.82 Å². The molecule has 10 heteroatoms. The van der Waals surface area contributed by atoms with Crippen molar-refractivity contribution in [3.05, 3.63) is 66.0 Å². The van der Waals surface area contributed by atoms with E-state index in [9.17, 15) is 9.59 Å². The van der Waals surface area contributed by atoms with Crippen LogP contribution in [0.3, 0.4) is 0 Å². The van der Waals surface area contributed by atoms with Gasteiger partial charge in [-0.05, 0) is 50.3 Å². The van der Waals surface area contributed by atoms with Crippen molar-refractivity contribution in [2.45, 2.75) is 38.8 Å². The second kappa shape index (κ2) is 13.5. The highest BCUT2D eigenvalue weighted by Crippen LogP contribution is 2.20. The van der Waals surface area contributed by atoms with Crippen LogP contribution in [-0.4, -0.2) is 77.5 Å². The Morgan fingerprint density at radius 2 is 1.77 bits per heavy atom. The monoisotopic (exact) mass is 546 g/mol. The number of aromatic nitrogens is 3. The highest BCUT2D eigenvalue weighted by atomic mass is 16.5. The minimum absolute atomic E-state index is 0.0632. The molecule has 212 valence electrons. The summed E-state index contributed by atoms with van der Waals surface area (Å²) in [5.74, 6) is 2.17. The van der Waals surface area contributed by atoms with E-state index in [0.717, 1.165) is 44.6 Å². The minimum Gasteiger partial charge on any atom is -0.492 e. The van der Waals surface area contributed by atoms with Crippen LogP contribution in [0.2, 0.25) is 0 Å². The number of nitrogens with zero attached hydrogens (tertiary/aromatic N) is 4. The van der Waals surface area contributed by atoms with E-state index in [1.807, 2.05) is 49.4 Å². The number of hydrogen-bond donors (Lipinski definition) is 2. The van der Waals surface area contributed by atoms with Gasteiger partial charge in [-0.15, -0.1) is 0 Å². The number of ether oxygens (including phenoxy) is 2. The predicted octanol–water partition coefficient (Wildman–Crippen LogP) is 3.06. The number of amides is 2. The van der Waals surface area contributed by atoms with Crippen molar-refractivity contribution in [2.24, 2.45) is 5.92 Å². The van der Waals surface area contributed by atoms with Crippen LogP contribution in [0, 0.1) is 5.92 Å². The lowest BCUT2D eigenvalue weighted by atomic mass is 9.99. The van der Waals surface area contributed by atoms with Crippen molar-refractivity contribution >= 4 is 11.8 Å². The van der Waals surface area contributed by atoms with E-state index in [1.165, 1.54) is 0 Å². The quantitative estimate of drug-likeness (QED) is 0.520. The van der Waals surface area contributed by atoms with E-state index in [4.69, 9.17) is 19.6 Å². The standard InChI is InChI=1S/C30H38N6O4/c1-22-29-33-28(24-7-3-2-4-8-24)34-36(29)15-18-40-26-10-5-9-25(19-26)30(38)31-13-6-14-35(21-27(37)32-22)20-23-11-16-39-17-12-23/h2-5,7-10,19,22-23H,6,11-18,20-21H2,1H3,(H,31,38)(H,32,37)/t22-/m0/s1. The van der Waals surface area contributed by atoms with E-state index in [2.05, 4.69) is 15.5 Å². The van der Waals surface area contributed by atoms with Crippen LogP contribution >= 0.6 is 0 Å². The van der Waals surface area contributed by atoms with Gasteiger partial charge < -0.3 is 20.1 Å². The number of fused-ring (bicyclic) bond motifs is 3. The Bertz CT molecular complexity index is 1270. The second-order valence-electron chi connectivity index (χ2n) is 10.4. The molecule has 2 aromatic carbocycles. The van der Waals surface area contributed by atoms with Crippen LogP contribution in [0.15, 0.2) is 54.6 Å². The first-order valence-electron chi connectivity index (χ1n) is 14.2. The summed E-state index contributed by atoms with van der Waals surface area (Å²) in [6.45, 7) is 6.56. The lowest BCUT2D eigenvalue weighted by Crippen LogP contribution is -2.42. The highest BCUT2D eigenvalue weighted by molar-refractivity contribution is 5.94. The fraction of sp³-hybridized carbons (Fsp3) is 0.467. The van der Waals surface area contributed by atoms with Crippen LogP contribution in [0.25, 0.3) is 11.4 Å². The van der Waals surface area contributed by atoms with Crippen molar-refractivity contribution in [2.75, 3.05) is 46.0 Å². The molecule has 3 heterocycles. The first-order chi connectivity index (χ1) is 19.5. The number of carbonyl (C=O) groups is 2. The van der Waals surface area contributed by atoms with Gasteiger partial charge >= 0.3 is 0 Å². The Morgan fingerprint density at radius 1 is 0.975 bits per heavy atom. The maximum Gasteiger partial charge on any atom is 0.251 e. The van der Waals surface area contributed by atoms with Crippen molar-refractivity contribution < 1.29 is 19.1 Å². The smallest absolute Gasteiger partial charge is 0.251 e. The molecule has 0 aliphatic carbocycles. The normalized spacial score (nSPS) is 20.4. The summed E-state index contributed by atoms with van der Waals surface area (Å²) in [4.78, 5) is 33.0. The number of rotatable bonds is 3. The minimum atomic E-state index is -0.344. The lowest BCUT2D eigenvalue weighted by Gasteiger charge is -2.29. The number of hydrogen-bond acceptors (Lipinski definition) is 7. The molecule has 0 spiro atoms. The molecule has 0 saturated carbocycles. The van der Waals surface area contributed by atoms with Gasteiger partial charge in [-0.25, -0.2) is 9.67 Å². The molecule has 2 N–H and O–H groups in total. The van der Waals surface area contributed by atoms with Crippen LogP contribution in [0.4, 0.5) is 0 Å². The van der Waals surface area contributed by atoms with Gasteiger partial charge in [0.05, 0.1) is 19.1 Å². The molecule has 1 saturated heterocycles. The first-order valence-corrected chi connectivity index (χ1v) is 14.2. The summed E-state index contributed by atoms with van der Waals surface area (Å²) >= 11 is 0. The third-order valence-electron chi connectivity index (χ3n) is 7.33. The molecule has 2 aliphatic rings. The molecular formula is C30H38N6O4. The molecule has 10 nitrogen and oxygen atoms in total. The topological polar surface area (TPSA) is 111 Å². The largest absolute Gasteiger partial charge is 0.492 e. The van der Waals surface area contributed by atoms with Gasteiger partial charge in [-0.3, -0.25) is 14.5 Å². The number of benzene rings is 2. The maximum atomic E-state index is 13.3. The van der Waals surface area contributed by atoms with Gasteiger partial charge in [0.1, 0.15) is 18.2 Å². The molecule has 1 aromatic heterocycles. The zero-order chi connectivity index (χ0) is 27.7. The molecule has 1 atom stereocenters. The third-order valence-corrected chi connectivity index (χ3v) is 7.33. The van der Waals surface area contributed by atoms with Gasteiger partial charge in [0, 0.05) is 44.0 Å². The molecule has 2 bridgehead atoms. The Hall–Kier alpha value is -3.76. The Balaban J connectivity index is 1.38. The third kappa shape index (κ3) is 7.45. The van der Waals surface area contributed by atoms with Crippen molar-refractivity contribution in [3.63, 3.8) is 0 Å². The summed E-state index contributed by atoms with van der Waals surface area (Å²) in [5.41, 5.74) is 1.46. The summed E-state index contributed by atoms with van der Waals surface area (Å²) in [6.07, 6.45) is 2.73. The molecule has 0 radical (unpaired) electrons. The summed E-state index contributed by atoms with van der Waals surface area (Å²) in [7, 11) is 0. The van der Waals surface area contributed by atoms with Gasteiger partial charge in [-0.2, -0.15) is 5.10 Å². The van der Waals surface area contributed by atoms with E-state index >= 15 is 0 Å². The van der Waals surface area contributed by atoms with E-state index in [0.29, 0.717) is 55.1 Å². The molecule has 1 fully saturated rings. The van der Waals surface area contributed by atoms with E-state index in [1.54, 1.807) is 16.8 Å². The fourth-order valence-corrected chi connectivity index (χ4v) is 5.22. The van der Waals surface area contributed by atoms with Crippen molar-refractivity contribution in [1.29, 1.82) is 0 Å². The molecule has 2 aliphatic heterocycles. The molecule has 0 unspecified atom stereocenters. The molecule has 2 amide bonds. The fourth-order valence-electron chi connectivity index (χ4n) is 5.22. The second-order valence-corrected chi connectivity index (χ2v) is 10.4. The number of nitrogens with one attached hydrogen (secondary N) is 2. The molecular weight excluding hydrogens is 508 g/mol. The summed E-state index contributed by atoms with van der Waals surface area (Å²) < 4.78 is 13.3. The van der Waals surface area contributed by atoms with Crippen molar-refractivity contribution in [3.8, 4) is 17.1 Å². The first kappa shape index (κ1) is 27.8. The Morgan fingerprint density at radius 3 is 2.60 bits per heavy atom. The summed E-state index contributed by atoms with van der Waals surface area (Å²) in [5, 5.41) is 10.9. The lowest BCUT2D eigenvalue weighted by molar-refractivity contribution is -0.123. The Labute approximate surface area is 235 Å². The Kier molecular flexibility index (Phi) is 9.41. The molecule has 5 rings (SSSR count). The van der Waals surface area contributed by atoms with E-state index in [-0.39, 0.29) is 24.4 Å².